The molecule has 2 aromatic carbocycles. The van der Waals surface area contributed by atoms with E-state index in [9.17, 15) is 4.79 Å². The van der Waals surface area contributed by atoms with Gasteiger partial charge < -0.3 is 24.4 Å². The van der Waals surface area contributed by atoms with Crippen LogP contribution in [0.5, 0.6) is 11.5 Å². The summed E-state index contributed by atoms with van der Waals surface area (Å²) in [5, 5.41) is 8.33. The molecule has 1 saturated heterocycles. The van der Waals surface area contributed by atoms with E-state index in [2.05, 4.69) is 25.3 Å². The van der Waals surface area contributed by atoms with Crippen molar-refractivity contribution in [2.45, 2.75) is 39.8 Å². The van der Waals surface area contributed by atoms with Crippen LogP contribution in [-0.4, -0.2) is 70.1 Å². The second-order valence-corrected chi connectivity index (χ2v) is 11.6. The van der Waals surface area contributed by atoms with Crippen LogP contribution in [0, 0.1) is 20.8 Å². The smallest absolute Gasteiger partial charge is 0.242 e. The lowest BCUT2D eigenvalue weighted by Gasteiger charge is -2.38. The van der Waals surface area contributed by atoms with E-state index in [1.165, 1.54) is 0 Å². The molecule has 1 N–H and O–H groups in total. The van der Waals surface area contributed by atoms with Crippen LogP contribution < -0.4 is 15.0 Å². The fraction of sp³-hybridized carbons (Fsp3) is 0.375. The Labute approximate surface area is 256 Å². The number of rotatable bonds is 8. The summed E-state index contributed by atoms with van der Waals surface area (Å²) in [5.74, 6) is 3.87. The molecule has 1 amide bonds. The Balaban J connectivity index is 1.09. The molecule has 0 radical (unpaired) electrons. The van der Waals surface area contributed by atoms with E-state index in [-0.39, 0.29) is 11.9 Å². The topological polar surface area (TPSA) is 99.9 Å². The van der Waals surface area contributed by atoms with Crippen LogP contribution in [0.3, 0.4) is 0 Å². The third-order valence-electron chi connectivity index (χ3n) is 8.10. The highest BCUT2D eigenvalue weighted by atomic mass is 35.5. The van der Waals surface area contributed by atoms with Crippen molar-refractivity contribution in [1.29, 1.82) is 0 Å². The summed E-state index contributed by atoms with van der Waals surface area (Å²) >= 11 is 6.12. The van der Waals surface area contributed by atoms with E-state index < -0.39 is 0 Å². The Morgan fingerprint density at radius 1 is 1.05 bits per heavy atom. The molecule has 11 heteroatoms. The van der Waals surface area contributed by atoms with Gasteiger partial charge in [-0.3, -0.25) is 9.69 Å². The second-order valence-electron chi connectivity index (χ2n) is 11.2. The number of aryl methyl sites for hydroxylation is 3. The first-order chi connectivity index (χ1) is 20.8. The highest BCUT2D eigenvalue weighted by Gasteiger charge is 2.30. The Hall–Kier alpha value is -4.15. The minimum Gasteiger partial charge on any atom is -0.457 e. The normalized spacial score (nSPS) is 17.1. The molecule has 4 aromatic rings. The van der Waals surface area contributed by atoms with Crippen molar-refractivity contribution in [3.8, 4) is 11.5 Å². The number of nitrogens with one attached hydrogen (secondary N) is 1. The minimum atomic E-state index is -0.00348. The first-order valence-corrected chi connectivity index (χ1v) is 15.0. The number of amides is 1. The highest BCUT2D eigenvalue weighted by molar-refractivity contribution is 6.30. The average molecular weight is 602 g/mol. The zero-order chi connectivity index (χ0) is 29.9. The van der Waals surface area contributed by atoms with Crippen molar-refractivity contribution < 1.29 is 14.1 Å². The molecular formula is C32H36ClN7O3. The summed E-state index contributed by atoms with van der Waals surface area (Å²) < 4.78 is 11.3. The first kappa shape index (κ1) is 28.9. The number of ether oxygens (including phenoxy) is 1. The molecule has 0 saturated carbocycles. The van der Waals surface area contributed by atoms with E-state index >= 15 is 0 Å². The summed E-state index contributed by atoms with van der Waals surface area (Å²) in [7, 11) is 0. The molecule has 1 atom stereocenters. The number of benzene rings is 2. The molecule has 4 heterocycles. The first-order valence-electron chi connectivity index (χ1n) is 14.6. The van der Waals surface area contributed by atoms with Gasteiger partial charge in [0.05, 0.1) is 18.3 Å². The lowest BCUT2D eigenvalue weighted by molar-refractivity contribution is -0.131. The van der Waals surface area contributed by atoms with Gasteiger partial charge in [0.25, 0.3) is 0 Å². The molecule has 1 unspecified atom stereocenters. The van der Waals surface area contributed by atoms with Crippen LogP contribution in [-0.2, 0) is 11.3 Å². The van der Waals surface area contributed by atoms with E-state index in [4.69, 9.17) is 25.8 Å². The summed E-state index contributed by atoms with van der Waals surface area (Å²) in [4.78, 5) is 29.1. The van der Waals surface area contributed by atoms with Crippen molar-refractivity contribution in [3.63, 3.8) is 0 Å². The zero-order valence-corrected chi connectivity index (χ0v) is 25.5. The zero-order valence-electron chi connectivity index (χ0n) is 24.7. The van der Waals surface area contributed by atoms with Crippen molar-refractivity contribution in [2.75, 3.05) is 49.5 Å². The number of fused-ring (bicyclic) bond motifs is 1. The number of aromatic nitrogens is 3. The second kappa shape index (κ2) is 12.6. The highest BCUT2D eigenvalue weighted by Crippen LogP contribution is 2.35. The fourth-order valence-corrected chi connectivity index (χ4v) is 5.88. The van der Waals surface area contributed by atoms with Gasteiger partial charge in [-0.05, 0) is 57.5 Å². The molecule has 2 aliphatic heterocycles. The summed E-state index contributed by atoms with van der Waals surface area (Å²) in [6.07, 6.45) is 2.68. The van der Waals surface area contributed by atoms with Gasteiger partial charge in [-0.1, -0.05) is 28.9 Å². The average Bonchev–Trinajstić information content (AvgIpc) is 3.31. The lowest BCUT2D eigenvalue weighted by atomic mass is 10.00. The van der Waals surface area contributed by atoms with Crippen molar-refractivity contribution >= 4 is 29.0 Å². The molecule has 6 rings (SSSR count). The summed E-state index contributed by atoms with van der Waals surface area (Å²) in [6.45, 7) is 10.6. The Bertz CT molecular complexity index is 1580. The molecule has 43 heavy (non-hydrogen) atoms. The maximum atomic E-state index is 13.4. The summed E-state index contributed by atoms with van der Waals surface area (Å²) in [6, 6.07) is 15.2. The molecule has 0 spiro atoms. The Morgan fingerprint density at radius 3 is 2.56 bits per heavy atom. The number of carbonyl (C=O) groups is 1. The van der Waals surface area contributed by atoms with Crippen LogP contribution in [0.25, 0.3) is 0 Å². The third kappa shape index (κ3) is 6.76. The predicted molar refractivity (Wildman–Crippen MR) is 166 cm³/mol. The maximum Gasteiger partial charge on any atom is 0.242 e. The van der Waals surface area contributed by atoms with E-state index in [0.29, 0.717) is 48.5 Å². The van der Waals surface area contributed by atoms with Gasteiger partial charge in [0.15, 0.2) is 0 Å². The van der Waals surface area contributed by atoms with Crippen molar-refractivity contribution in [3.05, 3.63) is 88.2 Å². The number of halogens is 1. The number of nitrogens with zero attached hydrogens (tertiary/aromatic N) is 6. The minimum absolute atomic E-state index is 0.00348. The Morgan fingerprint density at radius 2 is 1.81 bits per heavy atom. The lowest BCUT2D eigenvalue weighted by Crippen LogP contribution is -2.51. The van der Waals surface area contributed by atoms with Gasteiger partial charge in [-0.15, -0.1) is 0 Å². The van der Waals surface area contributed by atoms with Crippen molar-refractivity contribution in [2.24, 2.45) is 0 Å². The van der Waals surface area contributed by atoms with Gasteiger partial charge in [0, 0.05) is 73.4 Å². The molecule has 2 aromatic heterocycles. The SMILES string of the molecule is Cc1ncc2c(n1)N(CC(=O)N1CCN(Cc3c(C)noc3C)CC1)CCC2Nc1cccc(Oc2cccc(Cl)c2)c1. The largest absolute Gasteiger partial charge is 0.457 e. The predicted octanol–water partition coefficient (Wildman–Crippen LogP) is 5.54. The van der Waals surface area contributed by atoms with Crippen molar-refractivity contribution in [1.82, 2.24) is 24.9 Å². The molecule has 2 aliphatic rings. The quantitative estimate of drug-likeness (QED) is 0.279. The van der Waals surface area contributed by atoms with E-state index in [1.54, 1.807) is 6.07 Å². The molecule has 1 fully saturated rings. The molecule has 224 valence electrons. The number of hydrogen-bond acceptors (Lipinski definition) is 9. The van der Waals surface area contributed by atoms with Gasteiger partial charge in [0.1, 0.15) is 28.9 Å². The van der Waals surface area contributed by atoms with Gasteiger partial charge in [-0.2, -0.15) is 0 Å². The molecule has 0 aliphatic carbocycles. The standard InChI is InChI=1S/C32H36ClN7O3/c1-21-29(22(2)43-37-21)19-38-12-14-39(15-13-38)31(41)20-40-11-10-30(28-18-34-23(3)35-32(28)40)36-25-7-5-9-27(17-25)42-26-8-4-6-24(33)16-26/h4-9,16-18,30,36H,10-15,19-20H2,1-3H3. The number of piperazine rings is 1. The number of carbonyl (C=O) groups excluding carboxylic acids is 1. The number of anilines is 2. The van der Waals surface area contributed by atoms with Crippen LogP contribution in [0.2, 0.25) is 5.02 Å². The van der Waals surface area contributed by atoms with Gasteiger partial charge in [-0.25, -0.2) is 9.97 Å². The number of hydrogen-bond donors (Lipinski definition) is 1. The third-order valence-corrected chi connectivity index (χ3v) is 8.33. The molecule has 10 nitrogen and oxygen atoms in total. The van der Waals surface area contributed by atoms with E-state index in [1.807, 2.05) is 74.3 Å². The van der Waals surface area contributed by atoms with Crippen LogP contribution in [0.4, 0.5) is 11.5 Å². The Kier molecular flexibility index (Phi) is 8.49. The monoisotopic (exact) mass is 601 g/mol. The fourth-order valence-electron chi connectivity index (χ4n) is 5.70. The van der Waals surface area contributed by atoms with E-state index in [0.717, 1.165) is 60.1 Å². The van der Waals surface area contributed by atoms with Crippen LogP contribution in [0.15, 0.2) is 59.3 Å². The maximum absolute atomic E-state index is 13.4. The molecular weight excluding hydrogens is 566 g/mol. The van der Waals surface area contributed by atoms with Crippen LogP contribution >= 0.6 is 11.6 Å². The summed E-state index contributed by atoms with van der Waals surface area (Å²) in [5.41, 5.74) is 3.98. The molecule has 0 bridgehead atoms. The van der Waals surface area contributed by atoms with Gasteiger partial charge >= 0.3 is 0 Å². The van der Waals surface area contributed by atoms with Crippen LogP contribution in [0.1, 0.15) is 40.9 Å². The van der Waals surface area contributed by atoms with Gasteiger partial charge in [0.2, 0.25) is 5.91 Å².